The van der Waals surface area contributed by atoms with Gasteiger partial charge in [0.2, 0.25) is 11.8 Å². The molecule has 0 aromatic heterocycles. The molecule has 29 heavy (non-hydrogen) atoms. The Hall–Kier alpha value is -0.990. The van der Waals surface area contributed by atoms with Gasteiger partial charge in [-0.05, 0) is 25.0 Å². The Kier molecular flexibility index (Phi) is 11.4. The first-order valence-electron chi connectivity index (χ1n) is 9.70. The average Bonchev–Trinajstić information content (AvgIpc) is 2.66. The first-order chi connectivity index (χ1) is 13.0. The second kappa shape index (κ2) is 12.6. The normalized spacial score (nSPS) is 19.7. The zero-order valence-corrected chi connectivity index (χ0v) is 19.6. The van der Waals surface area contributed by atoms with Crippen LogP contribution in [0.3, 0.4) is 0 Å². The molecule has 2 amide bonds. The van der Waals surface area contributed by atoms with Crippen LogP contribution in [0.25, 0.3) is 0 Å². The summed E-state index contributed by atoms with van der Waals surface area (Å²) >= 11 is 1.92. The number of carbonyl (C=O) groups excluding carboxylic acids is 2. The molecule has 2 aliphatic rings. The fraction of sp³-hybridized carbons (Fsp3) is 0.600. The number of anilines is 1. The van der Waals surface area contributed by atoms with Crippen molar-refractivity contribution in [2.45, 2.75) is 26.3 Å². The maximum atomic E-state index is 12.5. The summed E-state index contributed by atoms with van der Waals surface area (Å²) in [6, 6.07) is 6.31. The second-order valence-electron chi connectivity index (χ2n) is 7.40. The van der Waals surface area contributed by atoms with E-state index in [1.165, 1.54) is 0 Å². The SMILES string of the molecule is Cc1cccc(C)c1NC(=O)CN1CCN(C(=O)CC2CSCCN2)CC1.Cl.Cl. The molecule has 2 aliphatic heterocycles. The van der Waals surface area contributed by atoms with Gasteiger partial charge >= 0.3 is 0 Å². The number of halogens is 2. The second-order valence-corrected chi connectivity index (χ2v) is 8.55. The average molecular weight is 463 g/mol. The molecule has 164 valence electrons. The molecule has 1 aromatic rings. The summed E-state index contributed by atoms with van der Waals surface area (Å²) < 4.78 is 0. The maximum Gasteiger partial charge on any atom is 0.238 e. The van der Waals surface area contributed by atoms with Crippen molar-refractivity contribution in [3.05, 3.63) is 29.3 Å². The first-order valence-corrected chi connectivity index (χ1v) is 10.9. The third-order valence-electron chi connectivity index (χ3n) is 5.26. The lowest BCUT2D eigenvalue weighted by molar-refractivity contribution is -0.133. The van der Waals surface area contributed by atoms with Crippen molar-refractivity contribution >= 4 is 54.1 Å². The molecule has 6 nitrogen and oxygen atoms in total. The monoisotopic (exact) mass is 462 g/mol. The van der Waals surface area contributed by atoms with E-state index in [0.29, 0.717) is 32.1 Å². The lowest BCUT2D eigenvalue weighted by Gasteiger charge is -2.35. The van der Waals surface area contributed by atoms with Gasteiger partial charge in [-0.1, -0.05) is 18.2 Å². The number of para-hydroxylation sites is 1. The van der Waals surface area contributed by atoms with Gasteiger partial charge in [0.1, 0.15) is 0 Å². The van der Waals surface area contributed by atoms with E-state index < -0.39 is 0 Å². The molecular formula is C20H32Cl2N4O2S. The van der Waals surface area contributed by atoms with Crippen LogP contribution in [0.5, 0.6) is 0 Å². The number of nitrogens with zero attached hydrogens (tertiary/aromatic N) is 2. The summed E-state index contributed by atoms with van der Waals surface area (Å²) in [7, 11) is 0. The quantitative estimate of drug-likeness (QED) is 0.702. The molecule has 0 saturated carbocycles. The van der Waals surface area contributed by atoms with Crippen molar-refractivity contribution in [2.75, 3.05) is 56.1 Å². The van der Waals surface area contributed by atoms with E-state index in [-0.39, 0.29) is 36.6 Å². The van der Waals surface area contributed by atoms with Crippen molar-refractivity contribution in [3.63, 3.8) is 0 Å². The van der Waals surface area contributed by atoms with Crippen LogP contribution >= 0.6 is 36.6 Å². The van der Waals surface area contributed by atoms with E-state index in [0.717, 1.165) is 48.0 Å². The number of thioether (sulfide) groups is 1. The fourth-order valence-corrected chi connectivity index (χ4v) is 4.59. The van der Waals surface area contributed by atoms with Crippen LogP contribution < -0.4 is 10.6 Å². The number of carbonyl (C=O) groups is 2. The van der Waals surface area contributed by atoms with Gasteiger partial charge in [-0.2, -0.15) is 11.8 Å². The highest BCUT2D eigenvalue weighted by Crippen LogP contribution is 2.19. The van der Waals surface area contributed by atoms with E-state index in [4.69, 9.17) is 0 Å². The van der Waals surface area contributed by atoms with Gasteiger partial charge in [0.15, 0.2) is 0 Å². The van der Waals surface area contributed by atoms with E-state index >= 15 is 0 Å². The number of amides is 2. The third kappa shape index (κ3) is 7.64. The minimum Gasteiger partial charge on any atom is -0.340 e. The van der Waals surface area contributed by atoms with E-state index in [1.54, 1.807) is 0 Å². The molecule has 1 unspecified atom stereocenters. The summed E-state index contributed by atoms with van der Waals surface area (Å²) in [6.45, 7) is 8.28. The number of rotatable bonds is 5. The summed E-state index contributed by atoms with van der Waals surface area (Å²) in [5.74, 6) is 2.39. The highest BCUT2D eigenvalue weighted by atomic mass is 35.5. The Morgan fingerprint density at radius 1 is 1.14 bits per heavy atom. The van der Waals surface area contributed by atoms with Crippen molar-refractivity contribution in [3.8, 4) is 0 Å². The molecule has 0 bridgehead atoms. The van der Waals surface area contributed by atoms with Crippen molar-refractivity contribution in [1.82, 2.24) is 15.1 Å². The molecule has 0 spiro atoms. The Morgan fingerprint density at radius 2 is 1.79 bits per heavy atom. The van der Waals surface area contributed by atoms with Crippen molar-refractivity contribution < 1.29 is 9.59 Å². The van der Waals surface area contributed by atoms with Gasteiger partial charge < -0.3 is 15.5 Å². The Labute approximate surface area is 190 Å². The van der Waals surface area contributed by atoms with Gasteiger partial charge in [-0.3, -0.25) is 14.5 Å². The molecule has 1 atom stereocenters. The highest BCUT2D eigenvalue weighted by Gasteiger charge is 2.25. The molecule has 2 N–H and O–H groups in total. The summed E-state index contributed by atoms with van der Waals surface area (Å²) in [5, 5.41) is 6.47. The van der Waals surface area contributed by atoms with Gasteiger partial charge in [0, 0.05) is 62.4 Å². The van der Waals surface area contributed by atoms with Crippen molar-refractivity contribution in [2.24, 2.45) is 0 Å². The number of nitrogens with one attached hydrogen (secondary N) is 2. The summed E-state index contributed by atoms with van der Waals surface area (Å²) in [5.41, 5.74) is 3.07. The van der Waals surface area contributed by atoms with Gasteiger partial charge in [0.25, 0.3) is 0 Å². The molecule has 3 rings (SSSR count). The smallest absolute Gasteiger partial charge is 0.238 e. The lowest BCUT2D eigenvalue weighted by Crippen LogP contribution is -2.52. The van der Waals surface area contributed by atoms with Crippen LogP contribution in [0.4, 0.5) is 5.69 Å². The van der Waals surface area contributed by atoms with Crippen LogP contribution in [-0.2, 0) is 9.59 Å². The molecule has 1 aromatic carbocycles. The van der Waals surface area contributed by atoms with Crippen LogP contribution in [0.2, 0.25) is 0 Å². The Morgan fingerprint density at radius 3 is 2.38 bits per heavy atom. The molecular weight excluding hydrogens is 431 g/mol. The van der Waals surface area contributed by atoms with Gasteiger partial charge in [-0.15, -0.1) is 24.8 Å². The fourth-order valence-electron chi connectivity index (χ4n) is 3.64. The number of aryl methyl sites for hydroxylation is 2. The van der Waals surface area contributed by atoms with Crippen molar-refractivity contribution in [1.29, 1.82) is 0 Å². The van der Waals surface area contributed by atoms with Crippen LogP contribution in [0.15, 0.2) is 18.2 Å². The van der Waals surface area contributed by atoms with E-state index in [2.05, 4.69) is 15.5 Å². The maximum absolute atomic E-state index is 12.5. The van der Waals surface area contributed by atoms with Crippen LogP contribution in [0.1, 0.15) is 17.5 Å². The predicted molar refractivity (Wildman–Crippen MR) is 126 cm³/mol. The third-order valence-corrected chi connectivity index (χ3v) is 6.39. The molecule has 2 saturated heterocycles. The molecule has 0 aliphatic carbocycles. The number of benzene rings is 1. The molecule has 2 heterocycles. The minimum atomic E-state index is 0. The minimum absolute atomic E-state index is 0. The standard InChI is InChI=1S/C20H30N4O2S.2ClH/c1-15-4-3-5-16(2)20(15)22-18(25)13-23-7-9-24(10-8-23)19(26)12-17-14-27-11-6-21-17;;/h3-5,17,21H,6-14H2,1-2H3,(H,22,25);2*1H. The largest absolute Gasteiger partial charge is 0.340 e. The van der Waals surface area contributed by atoms with E-state index in [1.807, 2.05) is 48.7 Å². The first kappa shape index (κ1) is 26.0. The Bertz CT molecular complexity index is 658. The number of piperazine rings is 1. The highest BCUT2D eigenvalue weighted by molar-refractivity contribution is 7.99. The van der Waals surface area contributed by atoms with Gasteiger partial charge in [0.05, 0.1) is 6.54 Å². The van der Waals surface area contributed by atoms with Crippen LogP contribution in [-0.4, -0.2) is 78.4 Å². The summed E-state index contributed by atoms with van der Waals surface area (Å²) in [6.07, 6.45) is 0.583. The molecule has 9 heteroatoms. The molecule has 2 fully saturated rings. The Balaban J connectivity index is 0.00000210. The zero-order valence-electron chi connectivity index (χ0n) is 17.1. The van der Waals surface area contributed by atoms with Crippen LogP contribution in [0, 0.1) is 13.8 Å². The van der Waals surface area contributed by atoms with Gasteiger partial charge in [-0.25, -0.2) is 0 Å². The summed E-state index contributed by atoms with van der Waals surface area (Å²) in [4.78, 5) is 29.0. The predicted octanol–water partition coefficient (Wildman–Crippen LogP) is 2.32. The molecule has 0 radical (unpaired) electrons. The zero-order chi connectivity index (χ0) is 19.2. The lowest BCUT2D eigenvalue weighted by atomic mass is 10.1. The number of hydrogen-bond donors (Lipinski definition) is 2. The number of hydrogen-bond acceptors (Lipinski definition) is 5. The van der Waals surface area contributed by atoms with E-state index in [9.17, 15) is 9.59 Å². The topological polar surface area (TPSA) is 64.7 Å².